The summed E-state index contributed by atoms with van der Waals surface area (Å²) < 4.78 is 35.9. The summed E-state index contributed by atoms with van der Waals surface area (Å²) in [6.45, 7) is 1.88. The molecule has 1 aliphatic rings. The van der Waals surface area contributed by atoms with Gasteiger partial charge in [0.2, 0.25) is 0 Å². The maximum atomic E-state index is 12.0. The molecule has 0 heterocycles. The molecule has 0 aliphatic heterocycles. The molecular formula is C7H10BrF3. The van der Waals surface area contributed by atoms with Gasteiger partial charge in [0, 0.05) is 5.33 Å². The van der Waals surface area contributed by atoms with Crippen LogP contribution in [0.25, 0.3) is 0 Å². The molecule has 4 heteroatoms. The van der Waals surface area contributed by atoms with Crippen LogP contribution in [-0.4, -0.2) is 11.5 Å². The zero-order chi connectivity index (χ0) is 8.70. The van der Waals surface area contributed by atoms with Crippen LogP contribution < -0.4 is 0 Å². The van der Waals surface area contributed by atoms with Crippen LogP contribution in [-0.2, 0) is 0 Å². The van der Waals surface area contributed by atoms with E-state index >= 15 is 0 Å². The van der Waals surface area contributed by atoms with Crippen molar-refractivity contribution in [3.05, 3.63) is 0 Å². The van der Waals surface area contributed by atoms with Crippen molar-refractivity contribution in [2.45, 2.75) is 25.9 Å². The predicted molar refractivity (Wildman–Crippen MR) is 40.7 cm³/mol. The van der Waals surface area contributed by atoms with Crippen molar-refractivity contribution in [3.63, 3.8) is 0 Å². The Balaban J connectivity index is 2.40. The molecule has 0 N–H and O–H groups in total. The summed E-state index contributed by atoms with van der Waals surface area (Å²) in [4.78, 5) is 0. The number of hydrogen-bond acceptors (Lipinski definition) is 0. The lowest BCUT2D eigenvalue weighted by Crippen LogP contribution is -2.43. The Kier molecular flexibility index (Phi) is 2.25. The Hall–Kier alpha value is 0.270. The summed E-state index contributed by atoms with van der Waals surface area (Å²) >= 11 is 3.21. The number of halogens is 4. The summed E-state index contributed by atoms with van der Waals surface area (Å²) in [6.07, 6.45) is -3.41. The zero-order valence-corrected chi connectivity index (χ0v) is 7.80. The van der Waals surface area contributed by atoms with E-state index in [-0.39, 0.29) is 18.3 Å². The van der Waals surface area contributed by atoms with Crippen LogP contribution in [0, 0.1) is 11.3 Å². The van der Waals surface area contributed by atoms with E-state index in [0.29, 0.717) is 5.33 Å². The minimum absolute atomic E-state index is 0.111. The minimum Gasteiger partial charge on any atom is -0.171 e. The first-order chi connectivity index (χ1) is 4.87. The van der Waals surface area contributed by atoms with Crippen molar-refractivity contribution in [3.8, 4) is 0 Å². The van der Waals surface area contributed by atoms with E-state index in [0.717, 1.165) is 0 Å². The average Bonchev–Trinajstić information content (AvgIpc) is 1.78. The van der Waals surface area contributed by atoms with Crippen molar-refractivity contribution < 1.29 is 13.2 Å². The standard InChI is InChI=1S/C7H10BrF3/c1-6(4-8)2-5(3-6)7(9,10)11/h5H,2-4H2,1H3. The topological polar surface area (TPSA) is 0 Å². The third-order valence-corrected chi connectivity index (χ3v) is 3.62. The molecule has 1 aliphatic carbocycles. The predicted octanol–water partition coefficient (Wildman–Crippen LogP) is 3.36. The Morgan fingerprint density at radius 1 is 1.45 bits per heavy atom. The van der Waals surface area contributed by atoms with Crippen molar-refractivity contribution in [2.75, 3.05) is 5.33 Å². The van der Waals surface area contributed by atoms with Gasteiger partial charge in [-0.15, -0.1) is 0 Å². The maximum absolute atomic E-state index is 12.0. The highest BCUT2D eigenvalue weighted by Gasteiger charge is 2.52. The first-order valence-electron chi connectivity index (χ1n) is 3.50. The third-order valence-electron chi connectivity index (χ3n) is 2.26. The second kappa shape index (κ2) is 2.64. The van der Waals surface area contributed by atoms with Crippen LogP contribution in [0.3, 0.4) is 0 Å². The fourth-order valence-electron chi connectivity index (χ4n) is 1.47. The van der Waals surface area contributed by atoms with Gasteiger partial charge >= 0.3 is 6.18 Å². The largest absolute Gasteiger partial charge is 0.391 e. The normalized spacial score (nSPS) is 38.5. The van der Waals surface area contributed by atoms with Crippen LogP contribution in [0.5, 0.6) is 0 Å². The fraction of sp³-hybridized carbons (Fsp3) is 1.00. The van der Waals surface area contributed by atoms with Gasteiger partial charge in [-0.2, -0.15) is 13.2 Å². The molecule has 0 bridgehead atoms. The molecule has 0 aromatic carbocycles. The molecule has 66 valence electrons. The van der Waals surface area contributed by atoms with E-state index in [1.807, 2.05) is 6.92 Å². The monoisotopic (exact) mass is 230 g/mol. The second-order valence-corrected chi connectivity index (χ2v) is 4.15. The lowest BCUT2D eigenvalue weighted by Gasteiger charge is -2.44. The first kappa shape index (κ1) is 9.36. The molecule has 11 heavy (non-hydrogen) atoms. The highest BCUT2D eigenvalue weighted by molar-refractivity contribution is 9.09. The van der Waals surface area contributed by atoms with Gasteiger partial charge in [0.1, 0.15) is 0 Å². The van der Waals surface area contributed by atoms with E-state index in [9.17, 15) is 13.2 Å². The Morgan fingerprint density at radius 3 is 2.18 bits per heavy atom. The molecule has 0 radical (unpaired) electrons. The zero-order valence-electron chi connectivity index (χ0n) is 6.21. The molecular weight excluding hydrogens is 221 g/mol. The van der Waals surface area contributed by atoms with Crippen molar-refractivity contribution >= 4 is 15.9 Å². The Labute approximate surface area is 72.3 Å². The number of hydrogen-bond donors (Lipinski definition) is 0. The molecule has 0 spiro atoms. The molecule has 0 aromatic rings. The van der Waals surface area contributed by atoms with Gasteiger partial charge in [-0.3, -0.25) is 0 Å². The first-order valence-corrected chi connectivity index (χ1v) is 4.62. The summed E-state index contributed by atoms with van der Waals surface area (Å²) in [6, 6.07) is 0. The summed E-state index contributed by atoms with van der Waals surface area (Å²) in [5, 5.41) is 0.673. The van der Waals surface area contributed by atoms with Crippen molar-refractivity contribution in [1.82, 2.24) is 0 Å². The van der Waals surface area contributed by atoms with Gasteiger partial charge in [0.15, 0.2) is 0 Å². The molecule has 0 saturated heterocycles. The number of rotatable bonds is 1. The summed E-state index contributed by atoms with van der Waals surface area (Å²) in [5.41, 5.74) is -0.111. The highest BCUT2D eigenvalue weighted by atomic mass is 79.9. The summed E-state index contributed by atoms with van der Waals surface area (Å²) in [7, 11) is 0. The molecule has 1 saturated carbocycles. The SMILES string of the molecule is CC1(CBr)CC(C(F)(F)F)C1. The van der Waals surface area contributed by atoms with Gasteiger partial charge in [0.25, 0.3) is 0 Å². The van der Waals surface area contributed by atoms with Crippen LogP contribution in [0.15, 0.2) is 0 Å². The molecule has 0 amide bonds. The van der Waals surface area contributed by atoms with E-state index < -0.39 is 12.1 Å². The average molecular weight is 231 g/mol. The molecule has 1 fully saturated rings. The lowest BCUT2D eigenvalue weighted by molar-refractivity contribution is -0.215. The van der Waals surface area contributed by atoms with E-state index in [4.69, 9.17) is 0 Å². The van der Waals surface area contributed by atoms with Crippen LogP contribution >= 0.6 is 15.9 Å². The lowest BCUT2D eigenvalue weighted by atomic mass is 9.64. The molecule has 0 unspecified atom stereocenters. The van der Waals surface area contributed by atoms with E-state index in [2.05, 4.69) is 15.9 Å². The van der Waals surface area contributed by atoms with Gasteiger partial charge in [-0.1, -0.05) is 22.9 Å². The smallest absolute Gasteiger partial charge is 0.171 e. The van der Waals surface area contributed by atoms with Gasteiger partial charge in [-0.25, -0.2) is 0 Å². The number of alkyl halides is 4. The van der Waals surface area contributed by atoms with E-state index in [1.165, 1.54) is 0 Å². The van der Waals surface area contributed by atoms with Crippen molar-refractivity contribution in [1.29, 1.82) is 0 Å². The minimum atomic E-state index is -3.97. The highest BCUT2D eigenvalue weighted by Crippen LogP contribution is 2.52. The van der Waals surface area contributed by atoms with Crippen LogP contribution in [0.1, 0.15) is 19.8 Å². The third kappa shape index (κ3) is 1.89. The van der Waals surface area contributed by atoms with Gasteiger partial charge in [-0.05, 0) is 18.3 Å². The maximum Gasteiger partial charge on any atom is 0.391 e. The van der Waals surface area contributed by atoms with Crippen molar-refractivity contribution in [2.24, 2.45) is 11.3 Å². The van der Waals surface area contributed by atoms with Gasteiger partial charge in [0.05, 0.1) is 5.92 Å². The fourth-order valence-corrected chi connectivity index (χ4v) is 1.93. The summed E-state index contributed by atoms with van der Waals surface area (Å²) in [5.74, 6) is -1.05. The van der Waals surface area contributed by atoms with E-state index in [1.54, 1.807) is 0 Å². The Morgan fingerprint density at radius 2 is 1.91 bits per heavy atom. The molecule has 1 rings (SSSR count). The Bertz CT molecular complexity index is 146. The molecule has 0 aromatic heterocycles. The van der Waals surface area contributed by atoms with Gasteiger partial charge < -0.3 is 0 Å². The second-order valence-electron chi connectivity index (χ2n) is 3.59. The van der Waals surface area contributed by atoms with Crippen LogP contribution in [0.2, 0.25) is 0 Å². The quantitative estimate of drug-likeness (QED) is 0.607. The molecule has 0 nitrogen and oxygen atoms in total. The van der Waals surface area contributed by atoms with Crippen LogP contribution in [0.4, 0.5) is 13.2 Å². The molecule has 0 atom stereocenters.